The van der Waals surface area contributed by atoms with Gasteiger partial charge in [0.05, 0.1) is 0 Å². The first-order valence-electron chi connectivity index (χ1n) is 7.24. The fourth-order valence-corrected chi connectivity index (χ4v) is 3.95. The summed E-state index contributed by atoms with van der Waals surface area (Å²) in [6.07, 6.45) is 5.42. The highest BCUT2D eigenvalue weighted by molar-refractivity contribution is 5.73. The number of nitrogens with zero attached hydrogens (tertiary/aromatic N) is 1. The van der Waals surface area contributed by atoms with Gasteiger partial charge in [0.2, 0.25) is 0 Å². The summed E-state index contributed by atoms with van der Waals surface area (Å²) in [5.41, 5.74) is 1.03. The van der Waals surface area contributed by atoms with E-state index in [-0.39, 0.29) is 6.54 Å². The number of hydrogen-bond acceptors (Lipinski definition) is 2. The van der Waals surface area contributed by atoms with Crippen LogP contribution in [0, 0.1) is 17.8 Å². The van der Waals surface area contributed by atoms with E-state index >= 15 is 0 Å². The van der Waals surface area contributed by atoms with Crippen LogP contribution in [0.2, 0.25) is 0 Å². The van der Waals surface area contributed by atoms with E-state index in [0.29, 0.717) is 5.92 Å². The van der Waals surface area contributed by atoms with Crippen LogP contribution in [-0.4, -0.2) is 24.2 Å². The first kappa shape index (κ1) is 12.5. The molecule has 0 aliphatic heterocycles. The first-order valence-corrected chi connectivity index (χ1v) is 7.24. The van der Waals surface area contributed by atoms with E-state index in [1.54, 1.807) is 0 Å². The molecule has 0 spiro atoms. The van der Waals surface area contributed by atoms with Crippen LogP contribution in [0.4, 0.5) is 5.69 Å². The lowest BCUT2D eigenvalue weighted by Gasteiger charge is -2.30. The van der Waals surface area contributed by atoms with E-state index in [1.165, 1.54) is 25.7 Å². The van der Waals surface area contributed by atoms with Gasteiger partial charge in [0.15, 0.2) is 0 Å². The minimum absolute atomic E-state index is 0.109. The lowest BCUT2D eigenvalue weighted by molar-refractivity contribution is -0.135. The van der Waals surface area contributed by atoms with Crippen LogP contribution < -0.4 is 4.90 Å². The number of rotatable bonds is 5. The third-order valence-electron chi connectivity index (χ3n) is 4.79. The monoisotopic (exact) mass is 259 g/mol. The second kappa shape index (κ2) is 5.24. The molecule has 0 aromatic heterocycles. The van der Waals surface area contributed by atoms with Crippen LogP contribution in [0.15, 0.2) is 30.3 Å². The largest absolute Gasteiger partial charge is 0.480 e. The fourth-order valence-electron chi connectivity index (χ4n) is 3.95. The Morgan fingerprint density at radius 1 is 1.21 bits per heavy atom. The maximum Gasteiger partial charge on any atom is 0.323 e. The van der Waals surface area contributed by atoms with Crippen molar-refractivity contribution in [3.05, 3.63) is 30.3 Å². The predicted octanol–water partition coefficient (Wildman–Crippen LogP) is 3.01. The van der Waals surface area contributed by atoms with Gasteiger partial charge in [-0.2, -0.15) is 0 Å². The van der Waals surface area contributed by atoms with Crippen LogP contribution in [0.5, 0.6) is 0 Å². The van der Waals surface area contributed by atoms with E-state index in [4.69, 9.17) is 5.11 Å². The maximum absolute atomic E-state index is 11.1. The highest BCUT2D eigenvalue weighted by atomic mass is 16.4. The minimum atomic E-state index is -0.744. The lowest BCUT2D eigenvalue weighted by Crippen LogP contribution is -2.35. The SMILES string of the molecule is O=C(O)CN(CC1CC2CCC1C2)c1ccccc1. The summed E-state index contributed by atoms with van der Waals surface area (Å²) in [4.78, 5) is 13.1. The van der Waals surface area contributed by atoms with Crippen molar-refractivity contribution in [2.75, 3.05) is 18.0 Å². The summed E-state index contributed by atoms with van der Waals surface area (Å²) in [5.74, 6) is 1.70. The lowest BCUT2D eigenvalue weighted by atomic mass is 9.88. The van der Waals surface area contributed by atoms with Gasteiger partial charge in [0.1, 0.15) is 6.54 Å². The molecule has 2 aliphatic rings. The molecule has 2 aliphatic carbocycles. The number of para-hydroxylation sites is 1. The predicted molar refractivity (Wildman–Crippen MR) is 75.2 cm³/mol. The van der Waals surface area contributed by atoms with Crippen LogP contribution in [0.25, 0.3) is 0 Å². The zero-order valence-corrected chi connectivity index (χ0v) is 11.2. The highest BCUT2D eigenvalue weighted by Crippen LogP contribution is 2.48. The summed E-state index contributed by atoms with van der Waals surface area (Å²) in [6.45, 7) is 1.01. The molecule has 3 heteroatoms. The van der Waals surface area contributed by atoms with Gasteiger partial charge in [-0.15, -0.1) is 0 Å². The Labute approximate surface area is 114 Å². The zero-order chi connectivity index (χ0) is 13.2. The fraction of sp³-hybridized carbons (Fsp3) is 0.562. The molecule has 2 saturated carbocycles. The molecule has 0 radical (unpaired) electrons. The molecule has 1 N–H and O–H groups in total. The molecule has 1 aromatic rings. The standard InChI is InChI=1S/C16H21NO2/c18-16(19)11-17(15-4-2-1-3-5-15)10-14-9-12-6-7-13(14)8-12/h1-5,12-14H,6-11H2,(H,18,19). The number of benzene rings is 1. The molecule has 3 nitrogen and oxygen atoms in total. The molecule has 3 rings (SSSR count). The molecule has 1 aromatic carbocycles. The summed E-state index contributed by atoms with van der Waals surface area (Å²) in [5, 5.41) is 9.11. The zero-order valence-electron chi connectivity index (χ0n) is 11.2. The Morgan fingerprint density at radius 3 is 2.58 bits per heavy atom. The smallest absolute Gasteiger partial charge is 0.323 e. The highest BCUT2D eigenvalue weighted by Gasteiger charge is 2.40. The summed E-state index contributed by atoms with van der Waals surface area (Å²) >= 11 is 0. The van der Waals surface area contributed by atoms with Crippen molar-refractivity contribution in [1.82, 2.24) is 0 Å². The van der Waals surface area contributed by atoms with Gasteiger partial charge in [0, 0.05) is 12.2 Å². The molecule has 3 unspecified atom stereocenters. The second-order valence-electron chi connectivity index (χ2n) is 6.04. The van der Waals surface area contributed by atoms with E-state index in [1.807, 2.05) is 35.2 Å². The third-order valence-corrected chi connectivity index (χ3v) is 4.79. The topological polar surface area (TPSA) is 40.5 Å². The molecule has 2 bridgehead atoms. The minimum Gasteiger partial charge on any atom is -0.480 e. The Hall–Kier alpha value is -1.51. The Balaban J connectivity index is 1.71. The summed E-state index contributed by atoms with van der Waals surface area (Å²) < 4.78 is 0. The van der Waals surface area contributed by atoms with Gasteiger partial charge >= 0.3 is 5.97 Å². The van der Waals surface area contributed by atoms with Crippen LogP contribution in [0.3, 0.4) is 0 Å². The second-order valence-corrected chi connectivity index (χ2v) is 6.04. The average molecular weight is 259 g/mol. The van der Waals surface area contributed by atoms with Gasteiger partial charge in [-0.25, -0.2) is 0 Å². The number of carboxylic acids is 1. The van der Waals surface area contributed by atoms with Crippen molar-refractivity contribution in [3.63, 3.8) is 0 Å². The van der Waals surface area contributed by atoms with E-state index in [0.717, 1.165) is 24.1 Å². The quantitative estimate of drug-likeness (QED) is 0.883. The first-order chi connectivity index (χ1) is 9.22. The van der Waals surface area contributed by atoms with E-state index < -0.39 is 5.97 Å². The number of hydrogen-bond donors (Lipinski definition) is 1. The van der Waals surface area contributed by atoms with Crippen LogP contribution in [0.1, 0.15) is 25.7 Å². The maximum atomic E-state index is 11.1. The van der Waals surface area contributed by atoms with Crippen LogP contribution in [-0.2, 0) is 4.79 Å². The van der Waals surface area contributed by atoms with Gasteiger partial charge in [-0.1, -0.05) is 24.6 Å². The number of fused-ring (bicyclic) bond motifs is 2. The number of carboxylic acid groups (broad SMARTS) is 1. The van der Waals surface area contributed by atoms with Crippen molar-refractivity contribution >= 4 is 11.7 Å². The van der Waals surface area contributed by atoms with E-state index in [2.05, 4.69) is 0 Å². The van der Waals surface area contributed by atoms with Crippen molar-refractivity contribution in [2.24, 2.45) is 17.8 Å². The van der Waals surface area contributed by atoms with Crippen molar-refractivity contribution in [1.29, 1.82) is 0 Å². The van der Waals surface area contributed by atoms with E-state index in [9.17, 15) is 4.79 Å². The number of anilines is 1. The molecule has 3 atom stereocenters. The van der Waals surface area contributed by atoms with Crippen molar-refractivity contribution < 1.29 is 9.90 Å². The van der Waals surface area contributed by atoms with Gasteiger partial charge in [0.25, 0.3) is 0 Å². The Morgan fingerprint density at radius 2 is 2.00 bits per heavy atom. The molecule has 102 valence electrons. The third kappa shape index (κ3) is 2.75. The average Bonchev–Trinajstić information content (AvgIpc) is 3.01. The Kier molecular flexibility index (Phi) is 3.45. The molecular weight excluding hydrogens is 238 g/mol. The molecule has 0 heterocycles. The number of carbonyl (C=O) groups is 1. The normalized spacial score (nSPS) is 28.5. The summed E-state index contributed by atoms with van der Waals surface area (Å²) in [7, 11) is 0. The molecular formula is C16H21NO2. The van der Waals surface area contributed by atoms with Gasteiger partial charge < -0.3 is 10.0 Å². The number of aliphatic carboxylic acids is 1. The summed E-state index contributed by atoms with van der Waals surface area (Å²) in [6, 6.07) is 9.95. The van der Waals surface area contributed by atoms with Gasteiger partial charge in [-0.05, 0) is 49.1 Å². The van der Waals surface area contributed by atoms with Crippen LogP contribution >= 0.6 is 0 Å². The molecule has 19 heavy (non-hydrogen) atoms. The van der Waals surface area contributed by atoms with Gasteiger partial charge in [-0.3, -0.25) is 4.79 Å². The van der Waals surface area contributed by atoms with Crippen molar-refractivity contribution in [3.8, 4) is 0 Å². The molecule has 0 saturated heterocycles. The molecule has 2 fully saturated rings. The molecule has 0 amide bonds. The Bertz CT molecular complexity index is 445. The van der Waals surface area contributed by atoms with Crippen molar-refractivity contribution in [2.45, 2.75) is 25.7 Å².